The van der Waals surface area contributed by atoms with E-state index in [-0.39, 0.29) is 11.5 Å². The fraction of sp³-hybridized carbons (Fsp3) is 0.0952. The molecule has 0 aliphatic heterocycles. The number of hydrogen-bond acceptors (Lipinski definition) is 4. The molecular formula is C21H16FN3O2S. The Hall–Kier alpha value is -3.32. The highest BCUT2D eigenvalue weighted by atomic mass is 32.1. The first-order valence-corrected chi connectivity index (χ1v) is 9.44. The van der Waals surface area contributed by atoms with Crippen molar-refractivity contribution in [2.45, 2.75) is 13.8 Å². The third kappa shape index (κ3) is 3.10. The largest absolute Gasteiger partial charge is 0.476 e. The van der Waals surface area contributed by atoms with Crippen molar-refractivity contribution < 1.29 is 14.3 Å². The van der Waals surface area contributed by atoms with Crippen LogP contribution in [-0.4, -0.2) is 25.8 Å². The third-order valence-electron chi connectivity index (χ3n) is 4.49. The van der Waals surface area contributed by atoms with Crippen molar-refractivity contribution in [1.82, 2.24) is 14.8 Å². The molecule has 4 aromatic rings. The maximum absolute atomic E-state index is 13.8. The average Bonchev–Trinajstić information content (AvgIpc) is 3.30. The van der Waals surface area contributed by atoms with Crippen molar-refractivity contribution in [2.24, 2.45) is 0 Å². The molecule has 0 atom stereocenters. The molecule has 0 amide bonds. The minimum Gasteiger partial charge on any atom is -0.476 e. The Bertz CT molecular complexity index is 1180. The summed E-state index contributed by atoms with van der Waals surface area (Å²) in [6, 6.07) is 14.6. The number of rotatable bonds is 4. The van der Waals surface area contributed by atoms with Gasteiger partial charge in [0.25, 0.3) is 0 Å². The summed E-state index contributed by atoms with van der Waals surface area (Å²) in [6.07, 6.45) is 0. The fourth-order valence-electron chi connectivity index (χ4n) is 3.10. The van der Waals surface area contributed by atoms with E-state index in [1.165, 1.54) is 22.8 Å². The summed E-state index contributed by atoms with van der Waals surface area (Å²) >= 11 is 1.20. The summed E-state index contributed by atoms with van der Waals surface area (Å²) < 4.78 is 15.4. The molecule has 1 N–H and O–H groups in total. The molecule has 0 fully saturated rings. The van der Waals surface area contributed by atoms with Crippen molar-refractivity contribution in [1.29, 1.82) is 0 Å². The van der Waals surface area contributed by atoms with Gasteiger partial charge in [-0.05, 0) is 37.6 Å². The Morgan fingerprint density at radius 3 is 2.50 bits per heavy atom. The number of nitrogens with zero attached hydrogens (tertiary/aromatic N) is 3. The van der Waals surface area contributed by atoms with Crippen LogP contribution in [0.15, 0.2) is 53.9 Å². The van der Waals surface area contributed by atoms with Gasteiger partial charge in [0.1, 0.15) is 5.82 Å². The lowest BCUT2D eigenvalue weighted by Gasteiger charge is -2.07. The smallest absolute Gasteiger partial charge is 0.355 e. The van der Waals surface area contributed by atoms with Gasteiger partial charge in [-0.15, -0.1) is 11.3 Å². The van der Waals surface area contributed by atoms with Crippen LogP contribution in [0.3, 0.4) is 0 Å². The van der Waals surface area contributed by atoms with Crippen molar-refractivity contribution in [3.05, 3.63) is 76.5 Å². The van der Waals surface area contributed by atoms with E-state index in [1.54, 1.807) is 23.7 Å². The van der Waals surface area contributed by atoms with E-state index in [0.717, 1.165) is 28.1 Å². The van der Waals surface area contributed by atoms with Gasteiger partial charge >= 0.3 is 5.97 Å². The molecule has 28 heavy (non-hydrogen) atoms. The molecule has 0 radical (unpaired) electrons. The number of halogens is 1. The number of aromatic nitrogens is 3. The number of hydrogen-bond donors (Lipinski definition) is 1. The first-order chi connectivity index (χ1) is 13.5. The number of carbonyl (C=O) groups is 1. The highest BCUT2D eigenvalue weighted by Gasteiger charge is 2.21. The second kappa shape index (κ2) is 7.01. The number of carboxylic acid groups (broad SMARTS) is 1. The number of benzene rings is 2. The Balaban J connectivity index is 1.97. The summed E-state index contributed by atoms with van der Waals surface area (Å²) in [6.45, 7) is 3.66. The Kier molecular flexibility index (Phi) is 4.52. The van der Waals surface area contributed by atoms with Gasteiger partial charge in [0.15, 0.2) is 5.69 Å². The van der Waals surface area contributed by atoms with Gasteiger partial charge in [-0.3, -0.25) is 0 Å². The average molecular weight is 393 g/mol. The number of aromatic carboxylic acids is 1. The van der Waals surface area contributed by atoms with Crippen LogP contribution >= 0.6 is 11.3 Å². The van der Waals surface area contributed by atoms with E-state index in [4.69, 9.17) is 5.10 Å². The zero-order valence-electron chi connectivity index (χ0n) is 15.2. The van der Waals surface area contributed by atoms with Crippen LogP contribution in [0.1, 0.15) is 21.6 Å². The lowest BCUT2D eigenvalue weighted by atomic mass is 10.0. The molecule has 140 valence electrons. The van der Waals surface area contributed by atoms with Gasteiger partial charge in [-0.1, -0.05) is 30.3 Å². The monoisotopic (exact) mass is 393 g/mol. The summed E-state index contributed by atoms with van der Waals surface area (Å²) in [4.78, 5) is 15.4. The molecule has 0 aliphatic carbocycles. The lowest BCUT2D eigenvalue weighted by molar-refractivity contribution is 0.0691. The molecule has 0 unspecified atom stereocenters. The molecule has 2 heterocycles. The van der Waals surface area contributed by atoms with Crippen LogP contribution in [0.4, 0.5) is 4.39 Å². The number of aryl methyl sites for hydroxylation is 1. The molecule has 0 bridgehead atoms. The Morgan fingerprint density at radius 2 is 1.86 bits per heavy atom. The zero-order chi connectivity index (χ0) is 19.8. The predicted octanol–water partition coefficient (Wildman–Crippen LogP) is 5.12. The predicted molar refractivity (Wildman–Crippen MR) is 106 cm³/mol. The third-order valence-corrected chi connectivity index (χ3v) is 5.31. The standard InChI is InChI=1S/C21H16FN3O2S/c1-12-10-15(8-9-16(12)22)19-13(2)18(14-6-4-3-5-7-14)24-25(19)21-23-17(11-28-21)20(26)27/h3-11H,1-2H3,(H,26,27). The van der Waals surface area contributed by atoms with Gasteiger partial charge in [-0.25, -0.2) is 18.9 Å². The molecule has 5 nitrogen and oxygen atoms in total. The van der Waals surface area contributed by atoms with Crippen molar-refractivity contribution in [2.75, 3.05) is 0 Å². The van der Waals surface area contributed by atoms with Crippen LogP contribution in [-0.2, 0) is 0 Å². The minimum absolute atomic E-state index is 0.0318. The zero-order valence-corrected chi connectivity index (χ0v) is 16.0. The topological polar surface area (TPSA) is 68.0 Å². The van der Waals surface area contributed by atoms with Crippen molar-refractivity contribution >= 4 is 17.3 Å². The molecule has 4 rings (SSSR count). The van der Waals surface area contributed by atoms with Gasteiger partial charge in [-0.2, -0.15) is 5.10 Å². The molecule has 0 spiro atoms. The van der Waals surface area contributed by atoms with E-state index in [2.05, 4.69) is 4.98 Å². The highest BCUT2D eigenvalue weighted by molar-refractivity contribution is 7.12. The van der Waals surface area contributed by atoms with Gasteiger partial charge < -0.3 is 5.11 Å². The van der Waals surface area contributed by atoms with E-state index < -0.39 is 5.97 Å². The second-order valence-electron chi connectivity index (χ2n) is 6.38. The number of carboxylic acids is 1. The highest BCUT2D eigenvalue weighted by Crippen LogP contribution is 2.35. The summed E-state index contributed by atoms with van der Waals surface area (Å²) in [7, 11) is 0. The first-order valence-electron chi connectivity index (χ1n) is 8.56. The van der Waals surface area contributed by atoms with Crippen LogP contribution < -0.4 is 0 Å². The van der Waals surface area contributed by atoms with Crippen molar-refractivity contribution in [3.63, 3.8) is 0 Å². The van der Waals surface area contributed by atoms with Crippen LogP contribution in [0.2, 0.25) is 0 Å². The Labute approximate surface area is 164 Å². The normalized spacial score (nSPS) is 11.0. The first kappa shape index (κ1) is 18.1. The van der Waals surface area contributed by atoms with Gasteiger partial charge in [0.2, 0.25) is 5.13 Å². The van der Waals surface area contributed by atoms with Gasteiger partial charge in [0.05, 0.1) is 11.4 Å². The molecular weight excluding hydrogens is 377 g/mol. The minimum atomic E-state index is -1.09. The summed E-state index contributed by atoms with van der Waals surface area (Å²) in [5.74, 6) is -1.37. The fourth-order valence-corrected chi connectivity index (χ4v) is 3.85. The second-order valence-corrected chi connectivity index (χ2v) is 7.22. The van der Waals surface area contributed by atoms with Crippen LogP contribution in [0.5, 0.6) is 0 Å². The van der Waals surface area contributed by atoms with Gasteiger partial charge in [0, 0.05) is 22.1 Å². The van der Waals surface area contributed by atoms with Crippen LogP contribution in [0.25, 0.3) is 27.6 Å². The molecule has 2 aromatic carbocycles. The molecule has 0 aliphatic rings. The summed E-state index contributed by atoms with van der Waals surface area (Å²) in [5, 5.41) is 15.9. The van der Waals surface area contributed by atoms with E-state index in [9.17, 15) is 14.3 Å². The maximum atomic E-state index is 13.8. The van der Waals surface area contributed by atoms with E-state index in [1.807, 2.05) is 37.3 Å². The SMILES string of the molecule is Cc1cc(-c2c(C)c(-c3ccccc3)nn2-c2nc(C(=O)O)cs2)ccc1F. The molecule has 0 saturated carbocycles. The molecule has 2 aromatic heterocycles. The van der Waals surface area contributed by atoms with E-state index in [0.29, 0.717) is 10.7 Å². The quantitative estimate of drug-likeness (QED) is 0.523. The molecule has 0 saturated heterocycles. The lowest BCUT2D eigenvalue weighted by Crippen LogP contribution is -2.02. The van der Waals surface area contributed by atoms with Crippen molar-refractivity contribution in [3.8, 4) is 27.6 Å². The van der Waals surface area contributed by atoms with Crippen LogP contribution in [0, 0.1) is 19.7 Å². The Morgan fingerprint density at radius 1 is 1.11 bits per heavy atom. The summed E-state index contributed by atoms with van der Waals surface area (Å²) in [5.41, 5.74) is 4.65. The molecule has 7 heteroatoms. The van der Waals surface area contributed by atoms with E-state index >= 15 is 0 Å². The maximum Gasteiger partial charge on any atom is 0.355 e. The number of thiazole rings is 1.